The molecule has 1 amide bonds. The van der Waals surface area contributed by atoms with Gasteiger partial charge in [-0.2, -0.15) is 0 Å². The van der Waals surface area contributed by atoms with Gasteiger partial charge < -0.3 is 10.6 Å². The van der Waals surface area contributed by atoms with Gasteiger partial charge in [0, 0.05) is 6.42 Å². The van der Waals surface area contributed by atoms with E-state index in [1.807, 2.05) is 0 Å². The summed E-state index contributed by atoms with van der Waals surface area (Å²) in [5.74, 6) is 0.597. The van der Waals surface area contributed by atoms with E-state index in [4.69, 9.17) is 23.2 Å². The molecule has 0 fully saturated rings. The Morgan fingerprint density at radius 3 is 2.50 bits per heavy atom. The third kappa shape index (κ3) is 4.61. The third-order valence-corrected chi connectivity index (χ3v) is 3.65. The Morgan fingerprint density at radius 1 is 1.18 bits per heavy atom. The highest BCUT2D eigenvalue weighted by atomic mass is 35.5. The number of rotatable bonds is 6. The molecule has 0 aliphatic rings. The molecule has 0 bridgehead atoms. The second kappa shape index (κ2) is 8.01. The summed E-state index contributed by atoms with van der Waals surface area (Å²) in [6.07, 6.45) is 3.99. The molecular formula is C16H17Cl2N3O. The van der Waals surface area contributed by atoms with Crippen LogP contribution in [0.2, 0.25) is 10.0 Å². The number of carbonyl (C=O) groups is 1. The van der Waals surface area contributed by atoms with Crippen molar-refractivity contribution < 1.29 is 4.79 Å². The van der Waals surface area contributed by atoms with E-state index in [-0.39, 0.29) is 5.91 Å². The van der Waals surface area contributed by atoms with Crippen molar-refractivity contribution in [1.82, 2.24) is 4.98 Å². The fraction of sp³-hybridized carbons (Fsp3) is 0.250. The molecule has 0 atom stereocenters. The predicted molar refractivity (Wildman–Crippen MR) is 92.1 cm³/mol. The number of nitrogens with one attached hydrogen (secondary N) is 2. The van der Waals surface area contributed by atoms with Gasteiger partial charge in [-0.15, -0.1) is 0 Å². The van der Waals surface area contributed by atoms with Crippen molar-refractivity contribution in [2.75, 3.05) is 10.6 Å². The summed E-state index contributed by atoms with van der Waals surface area (Å²) >= 11 is 12.2. The van der Waals surface area contributed by atoms with Crippen LogP contribution in [0.25, 0.3) is 0 Å². The molecule has 0 saturated carbocycles. The molecule has 0 spiro atoms. The highest BCUT2D eigenvalue weighted by Gasteiger charge is 2.07. The maximum absolute atomic E-state index is 11.6. The van der Waals surface area contributed by atoms with Crippen molar-refractivity contribution in [3.8, 4) is 0 Å². The molecule has 1 aromatic carbocycles. The summed E-state index contributed by atoms with van der Waals surface area (Å²) in [4.78, 5) is 15.9. The van der Waals surface area contributed by atoms with E-state index in [1.54, 1.807) is 36.5 Å². The zero-order valence-electron chi connectivity index (χ0n) is 12.2. The monoisotopic (exact) mass is 337 g/mol. The lowest BCUT2D eigenvalue weighted by Crippen LogP contribution is -2.11. The van der Waals surface area contributed by atoms with Crippen LogP contribution >= 0.6 is 23.2 Å². The first kappa shape index (κ1) is 16.6. The molecule has 2 N–H and O–H groups in total. The minimum atomic E-state index is -0.00138. The molecule has 0 aliphatic carbocycles. The van der Waals surface area contributed by atoms with Gasteiger partial charge in [-0.25, -0.2) is 4.98 Å². The maximum Gasteiger partial charge on any atom is 0.224 e. The van der Waals surface area contributed by atoms with Gasteiger partial charge >= 0.3 is 0 Å². The molecule has 1 aromatic heterocycles. The van der Waals surface area contributed by atoms with Gasteiger partial charge in [-0.1, -0.05) is 42.6 Å². The number of aromatic nitrogens is 1. The number of halogens is 2. The number of hydrogen-bond donors (Lipinski definition) is 2. The number of unbranched alkanes of at least 4 members (excludes halogenated alkanes) is 1. The number of para-hydroxylation sites is 1. The predicted octanol–water partition coefficient (Wildman–Crippen LogP) is 5.26. The van der Waals surface area contributed by atoms with E-state index in [0.717, 1.165) is 12.8 Å². The zero-order valence-corrected chi connectivity index (χ0v) is 13.7. The van der Waals surface area contributed by atoms with E-state index >= 15 is 0 Å². The normalized spacial score (nSPS) is 10.3. The first-order valence-electron chi connectivity index (χ1n) is 7.07. The Balaban J connectivity index is 2.02. The first-order valence-corrected chi connectivity index (χ1v) is 7.82. The highest BCUT2D eigenvalue weighted by molar-refractivity contribution is 6.39. The Labute approximate surface area is 139 Å². The molecule has 1 heterocycles. The Morgan fingerprint density at radius 2 is 1.91 bits per heavy atom. The van der Waals surface area contributed by atoms with Gasteiger partial charge in [0.2, 0.25) is 5.91 Å². The van der Waals surface area contributed by atoms with Crippen molar-refractivity contribution in [3.63, 3.8) is 0 Å². The number of amides is 1. The standard InChI is InChI=1S/C16H17Cl2N3O/c1-2-3-7-15(22)20-11-8-9-14(19-10-11)21-16-12(17)5-4-6-13(16)18/h4-6,8-10H,2-3,7H2,1H3,(H,19,21)(H,20,22). The minimum absolute atomic E-state index is 0.00138. The Bertz CT molecular complexity index is 624. The summed E-state index contributed by atoms with van der Waals surface area (Å²) in [7, 11) is 0. The lowest BCUT2D eigenvalue weighted by molar-refractivity contribution is -0.116. The second-order valence-corrected chi connectivity index (χ2v) is 5.62. The van der Waals surface area contributed by atoms with Gasteiger partial charge in [0.1, 0.15) is 5.82 Å². The summed E-state index contributed by atoms with van der Waals surface area (Å²) in [6.45, 7) is 2.05. The SMILES string of the molecule is CCCCC(=O)Nc1ccc(Nc2c(Cl)cccc2Cl)nc1. The van der Waals surface area contributed by atoms with Crippen LogP contribution < -0.4 is 10.6 Å². The number of carbonyl (C=O) groups excluding carboxylic acids is 1. The molecule has 116 valence electrons. The second-order valence-electron chi connectivity index (χ2n) is 4.81. The van der Waals surface area contributed by atoms with E-state index in [2.05, 4.69) is 22.5 Å². The molecule has 2 rings (SSSR count). The van der Waals surface area contributed by atoms with Crippen molar-refractivity contribution in [1.29, 1.82) is 0 Å². The molecule has 0 unspecified atom stereocenters. The van der Waals surface area contributed by atoms with Gasteiger partial charge in [0.15, 0.2) is 0 Å². The van der Waals surface area contributed by atoms with Crippen molar-refractivity contribution in [3.05, 3.63) is 46.6 Å². The fourth-order valence-corrected chi connectivity index (χ4v) is 2.34. The average Bonchev–Trinajstić information content (AvgIpc) is 2.51. The summed E-state index contributed by atoms with van der Waals surface area (Å²) in [5, 5.41) is 6.92. The lowest BCUT2D eigenvalue weighted by atomic mass is 10.2. The third-order valence-electron chi connectivity index (χ3n) is 3.02. The van der Waals surface area contributed by atoms with Crippen LogP contribution in [0.3, 0.4) is 0 Å². The molecule has 22 heavy (non-hydrogen) atoms. The number of pyridine rings is 1. The number of anilines is 3. The van der Waals surface area contributed by atoms with Crippen molar-refractivity contribution in [2.45, 2.75) is 26.2 Å². The summed E-state index contributed by atoms with van der Waals surface area (Å²) in [5.41, 5.74) is 1.27. The van der Waals surface area contributed by atoms with E-state index in [0.29, 0.717) is 33.7 Å². The molecular weight excluding hydrogens is 321 g/mol. The van der Waals surface area contributed by atoms with E-state index in [9.17, 15) is 4.79 Å². The smallest absolute Gasteiger partial charge is 0.224 e. The average molecular weight is 338 g/mol. The van der Waals surface area contributed by atoms with Crippen LogP contribution in [0.4, 0.5) is 17.2 Å². The molecule has 4 nitrogen and oxygen atoms in total. The molecule has 2 aromatic rings. The first-order chi connectivity index (χ1) is 10.6. The van der Waals surface area contributed by atoms with Crippen LogP contribution in [-0.4, -0.2) is 10.9 Å². The van der Waals surface area contributed by atoms with Crippen LogP contribution in [0, 0.1) is 0 Å². The zero-order chi connectivity index (χ0) is 15.9. The molecule has 0 aliphatic heterocycles. The molecule has 0 radical (unpaired) electrons. The van der Waals surface area contributed by atoms with Crippen LogP contribution in [0.5, 0.6) is 0 Å². The number of hydrogen-bond acceptors (Lipinski definition) is 3. The van der Waals surface area contributed by atoms with E-state index in [1.165, 1.54) is 0 Å². The minimum Gasteiger partial charge on any atom is -0.338 e. The maximum atomic E-state index is 11.6. The Kier molecular flexibility index (Phi) is 6.04. The topological polar surface area (TPSA) is 54.0 Å². The Hall–Kier alpha value is -1.78. The lowest BCUT2D eigenvalue weighted by Gasteiger charge is -2.10. The van der Waals surface area contributed by atoms with Crippen molar-refractivity contribution in [2.24, 2.45) is 0 Å². The quantitative estimate of drug-likeness (QED) is 0.755. The summed E-state index contributed by atoms with van der Waals surface area (Å²) < 4.78 is 0. The highest BCUT2D eigenvalue weighted by Crippen LogP contribution is 2.32. The van der Waals surface area contributed by atoms with Gasteiger partial charge in [-0.05, 0) is 30.7 Å². The summed E-state index contributed by atoms with van der Waals surface area (Å²) in [6, 6.07) is 8.81. The molecule has 0 saturated heterocycles. The van der Waals surface area contributed by atoms with Gasteiger partial charge in [0.05, 0.1) is 27.6 Å². The molecule has 6 heteroatoms. The number of nitrogens with zero attached hydrogens (tertiary/aromatic N) is 1. The largest absolute Gasteiger partial charge is 0.338 e. The van der Waals surface area contributed by atoms with Gasteiger partial charge in [0.25, 0.3) is 0 Å². The van der Waals surface area contributed by atoms with E-state index < -0.39 is 0 Å². The number of benzene rings is 1. The van der Waals surface area contributed by atoms with Gasteiger partial charge in [-0.3, -0.25) is 4.79 Å². The van der Waals surface area contributed by atoms with Crippen LogP contribution in [0.15, 0.2) is 36.5 Å². The van der Waals surface area contributed by atoms with Crippen LogP contribution in [-0.2, 0) is 4.79 Å². The fourth-order valence-electron chi connectivity index (χ4n) is 1.85. The van der Waals surface area contributed by atoms with Crippen molar-refractivity contribution >= 4 is 46.3 Å². The van der Waals surface area contributed by atoms with Crippen LogP contribution in [0.1, 0.15) is 26.2 Å².